The number of hydrogen-bond acceptors (Lipinski definition) is 5. The van der Waals surface area contributed by atoms with Gasteiger partial charge in [-0.3, -0.25) is 0 Å². The summed E-state index contributed by atoms with van der Waals surface area (Å²) in [5.74, 6) is -0.349. The van der Waals surface area contributed by atoms with Crippen LogP contribution in [0, 0.1) is 0 Å². The predicted molar refractivity (Wildman–Crippen MR) is 70.0 cm³/mol. The highest BCUT2D eigenvalue weighted by molar-refractivity contribution is 5.93. The van der Waals surface area contributed by atoms with Crippen LogP contribution < -0.4 is 5.32 Å². The average Bonchev–Trinajstić information content (AvgIpc) is 2.90. The van der Waals surface area contributed by atoms with Gasteiger partial charge in [0, 0.05) is 0 Å². The molecule has 6 heteroatoms. The Morgan fingerprint density at radius 1 is 1.42 bits per heavy atom. The van der Waals surface area contributed by atoms with Crippen LogP contribution in [0.15, 0.2) is 18.2 Å². The van der Waals surface area contributed by atoms with Gasteiger partial charge in [0.05, 0.1) is 24.2 Å². The first kappa shape index (κ1) is 12.1. The van der Waals surface area contributed by atoms with Crippen LogP contribution in [0.5, 0.6) is 0 Å². The van der Waals surface area contributed by atoms with E-state index in [1.165, 1.54) is 7.11 Å². The number of carbonyl (C=O) groups is 1. The number of aromatic nitrogens is 3. The highest BCUT2D eigenvalue weighted by Gasteiger charge is 2.19. The molecule has 1 aromatic heterocycles. The van der Waals surface area contributed by atoms with E-state index in [-0.39, 0.29) is 5.97 Å². The molecule has 0 radical (unpaired) electrons. The fraction of sp³-hybridized carbons (Fsp3) is 0.462. The molecule has 100 valence electrons. The largest absolute Gasteiger partial charge is 0.465 e. The zero-order valence-electron chi connectivity index (χ0n) is 10.8. The van der Waals surface area contributed by atoms with Crippen molar-refractivity contribution in [2.45, 2.75) is 18.9 Å². The normalized spacial score (nSPS) is 16.7. The lowest BCUT2D eigenvalue weighted by molar-refractivity contribution is 0.0601. The molecule has 1 aromatic carbocycles. The molecule has 0 bridgehead atoms. The second-order valence-corrected chi connectivity index (χ2v) is 4.71. The van der Waals surface area contributed by atoms with Crippen molar-refractivity contribution in [2.75, 3.05) is 20.2 Å². The van der Waals surface area contributed by atoms with Gasteiger partial charge in [-0.15, -0.1) is 5.10 Å². The van der Waals surface area contributed by atoms with Gasteiger partial charge in [0.1, 0.15) is 5.52 Å². The lowest BCUT2D eigenvalue weighted by Crippen LogP contribution is -2.29. The number of nitrogens with one attached hydrogen (secondary N) is 1. The lowest BCUT2D eigenvalue weighted by atomic mass is 10.1. The molecule has 0 amide bonds. The second-order valence-electron chi connectivity index (χ2n) is 4.71. The molecule has 0 unspecified atom stereocenters. The van der Waals surface area contributed by atoms with Crippen LogP contribution in [-0.2, 0) is 4.74 Å². The number of esters is 1. The number of rotatable bonds is 2. The maximum absolute atomic E-state index is 11.5. The highest BCUT2D eigenvalue weighted by atomic mass is 16.5. The van der Waals surface area contributed by atoms with Gasteiger partial charge in [-0.2, -0.15) is 0 Å². The van der Waals surface area contributed by atoms with Gasteiger partial charge in [-0.1, -0.05) is 5.21 Å². The van der Waals surface area contributed by atoms with E-state index in [2.05, 4.69) is 15.6 Å². The van der Waals surface area contributed by atoms with Crippen molar-refractivity contribution in [1.29, 1.82) is 0 Å². The van der Waals surface area contributed by atoms with Gasteiger partial charge in [0.2, 0.25) is 0 Å². The summed E-state index contributed by atoms with van der Waals surface area (Å²) in [5, 5.41) is 11.7. The number of methoxy groups -OCH3 is 1. The molecule has 1 aliphatic rings. The second kappa shape index (κ2) is 4.97. The molecule has 1 saturated heterocycles. The van der Waals surface area contributed by atoms with E-state index >= 15 is 0 Å². The minimum absolute atomic E-state index is 0.349. The SMILES string of the molecule is COC(=O)c1ccc2c(c1)nnn2C1CCNCC1. The van der Waals surface area contributed by atoms with Crippen molar-refractivity contribution in [3.8, 4) is 0 Å². The van der Waals surface area contributed by atoms with E-state index in [4.69, 9.17) is 4.74 Å². The molecule has 1 fully saturated rings. The molecule has 0 atom stereocenters. The zero-order chi connectivity index (χ0) is 13.2. The summed E-state index contributed by atoms with van der Waals surface area (Å²) in [4.78, 5) is 11.5. The Bertz CT molecular complexity index is 602. The summed E-state index contributed by atoms with van der Waals surface area (Å²) < 4.78 is 6.68. The standard InChI is InChI=1S/C13H16N4O2/c1-19-13(18)9-2-3-12-11(8-9)15-16-17(12)10-4-6-14-7-5-10/h2-3,8,10,14H,4-7H2,1H3. The van der Waals surface area contributed by atoms with E-state index in [0.717, 1.165) is 37.0 Å². The molecule has 2 aromatic rings. The fourth-order valence-corrected chi connectivity index (χ4v) is 2.51. The van der Waals surface area contributed by atoms with Crippen LogP contribution in [0.2, 0.25) is 0 Å². The number of piperidine rings is 1. The first-order valence-corrected chi connectivity index (χ1v) is 6.43. The van der Waals surface area contributed by atoms with E-state index in [1.807, 2.05) is 10.7 Å². The molecule has 2 heterocycles. The third-order valence-corrected chi connectivity index (χ3v) is 3.55. The smallest absolute Gasteiger partial charge is 0.337 e. The number of hydrogen-bond donors (Lipinski definition) is 1. The van der Waals surface area contributed by atoms with Crippen LogP contribution in [0.25, 0.3) is 11.0 Å². The van der Waals surface area contributed by atoms with Crippen LogP contribution in [0.4, 0.5) is 0 Å². The molecule has 6 nitrogen and oxygen atoms in total. The Labute approximate surface area is 110 Å². The maximum atomic E-state index is 11.5. The van der Waals surface area contributed by atoms with Gasteiger partial charge in [-0.05, 0) is 44.1 Å². The molecule has 1 N–H and O–H groups in total. The number of benzene rings is 1. The van der Waals surface area contributed by atoms with Crippen molar-refractivity contribution < 1.29 is 9.53 Å². The first-order valence-electron chi connectivity index (χ1n) is 6.43. The number of carbonyl (C=O) groups excluding carboxylic acids is 1. The van der Waals surface area contributed by atoms with E-state index in [9.17, 15) is 4.79 Å². The lowest BCUT2D eigenvalue weighted by Gasteiger charge is -2.22. The molecule has 0 aliphatic carbocycles. The number of ether oxygens (including phenoxy) is 1. The molecule has 0 spiro atoms. The minimum atomic E-state index is -0.349. The van der Waals surface area contributed by atoms with Crippen LogP contribution >= 0.6 is 0 Å². The first-order chi connectivity index (χ1) is 9.29. The van der Waals surface area contributed by atoms with Crippen molar-refractivity contribution in [2.24, 2.45) is 0 Å². The van der Waals surface area contributed by atoms with Gasteiger partial charge in [0.25, 0.3) is 0 Å². The Balaban J connectivity index is 1.97. The quantitative estimate of drug-likeness (QED) is 0.820. The summed E-state index contributed by atoms with van der Waals surface area (Å²) in [5.41, 5.74) is 2.22. The van der Waals surface area contributed by atoms with Gasteiger partial charge in [-0.25, -0.2) is 9.48 Å². The van der Waals surface area contributed by atoms with Gasteiger partial charge in [0.15, 0.2) is 0 Å². The van der Waals surface area contributed by atoms with E-state index in [1.54, 1.807) is 12.1 Å². The monoisotopic (exact) mass is 260 g/mol. The summed E-state index contributed by atoms with van der Waals surface area (Å²) >= 11 is 0. The topological polar surface area (TPSA) is 69.0 Å². The third-order valence-electron chi connectivity index (χ3n) is 3.55. The molecule has 3 rings (SSSR count). The van der Waals surface area contributed by atoms with Crippen LogP contribution in [0.3, 0.4) is 0 Å². The van der Waals surface area contributed by atoms with Gasteiger partial charge < -0.3 is 10.1 Å². The van der Waals surface area contributed by atoms with Crippen molar-refractivity contribution in [1.82, 2.24) is 20.3 Å². The maximum Gasteiger partial charge on any atom is 0.337 e. The summed E-state index contributed by atoms with van der Waals surface area (Å²) in [6.07, 6.45) is 2.11. The Hall–Kier alpha value is -1.95. The van der Waals surface area contributed by atoms with Gasteiger partial charge >= 0.3 is 5.97 Å². The summed E-state index contributed by atoms with van der Waals surface area (Å²) in [7, 11) is 1.37. The average molecular weight is 260 g/mol. The summed E-state index contributed by atoms with van der Waals surface area (Å²) in [6, 6.07) is 5.76. The van der Waals surface area contributed by atoms with E-state index in [0.29, 0.717) is 11.6 Å². The Morgan fingerprint density at radius 2 is 2.21 bits per heavy atom. The molecular formula is C13H16N4O2. The Kier molecular flexibility index (Phi) is 3.16. The van der Waals surface area contributed by atoms with Crippen molar-refractivity contribution >= 4 is 17.0 Å². The highest BCUT2D eigenvalue weighted by Crippen LogP contribution is 2.23. The third kappa shape index (κ3) is 2.19. The van der Waals surface area contributed by atoms with E-state index < -0.39 is 0 Å². The molecule has 19 heavy (non-hydrogen) atoms. The minimum Gasteiger partial charge on any atom is -0.465 e. The van der Waals surface area contributed by atoms with Crippen LogP contribution in [0.1, 0.15) is 29.2 Å². The molecule has 1 aliphatic heterocycles. The Morgan fingerprint density at radius 3 is 2.95 bits per heavy atom. The molecular weight excluding hydrogens is 244 g/mol. The summed E-state index contributed by atoms with van der Waals surface area (Å²) in [6.45, 7) is 2.01. The number of nitrogens with zero attached hydrogens (tertiary/aromatic N) is 3. The zero-order valence-corrected chi connectivity index (χ0v) is 10.8. The van der Waals surface area contributed by atoms with Crippen LogP contribution in [-0.4, -0.2) is 41.2 Å². The number of fused-ring (bicyclic) bond motifs is 1. The fourth-order valence-electron chi connectivity index (χ4n) is 2.51. The van der Waals surface area contributed by atoms with Crippen molar-refractivity contribution in [3.05, 3.63) is 23.8 Å². The predicted octanol–water partition coefficient (Wildman–Crippen LogP) is 1.14. The van der Waals surface area contributed by atoms with Crippen molar-refractivity contribution in [3.63, 3.8) is 0 Å². The molecule has 0 saturated carbocycles.